The molecule has 0 spiro atoms. The Labute approximate surface area is 80.0 Å². The van der Waals surface area contributed by atoms with Crippen molar-refractivity contribution in [2.75, 3.05) is 0 Å². The maximum Gasteiger partial charge on any atom is 0.139 e. The molecule has 1 aliphatic carbocycles. The van der Waals surface area contributed by atoms with E-state index in [4.69, 9.17) is 5.84 Å². The Hall–Kier alpha value is -0.380. The molecule has 0 amide bonds. The molecule has 1 rings (SSSR count). The topological polar surface area (TPSA) is 58.3 Å². The minimum atomic E-state index is -0.648. The summed E-state index contributed by atoms with van der Waals surface area (Å²) in [5, 5.41) is 9.48. The zero-order valence-electron chi connectivity index (χ0n) is 8.29. The van der Waals surface area contributed by atoms with Gasteiger partial charge in [-0.05, 0) is 30.8 Å². The predicted molar refractivity (Wildman–Crippen MR) is 53.7 cm³/mol. The fourth-order valence-electron chi connectivity index (χ4n) is 1.75. The number of allylic oxidation sites excluding steroid dienone is 1. The highest BCUT2D eigenvalue weighted by molar-refractivity contribution is 5.07. The van der Waals surface area contributed by atoms with Gasteiger partial charge in [0.1, 0.15) is 6.23 Å². The van der Waals surface area contributed by atoms with E-state index in [1.54, 1.807) is 0 Å². The summed E-state index contributed by atoms with van der Waals surface area (Å²) in [4.78, 5) is 0. The minimum absolute atomic E-state index is 0.648. The van der Waals surface area contributed by atoms with Crippen LogP contribution in [0.4, 0.5) is 0 Å². The Morgan fingerprint density at radius 1 is 1.62 bits per heavy atom. The lowest BCUT2D eigenvalue weighted by Gasteiger charge is -2.18. The fourth-order valence-corrected chi connectivity index (χ4v) is 1.75. The van der Waals surface area contributed by atoms with E-state index in [1.807, 2.05) is 0 Å². The summed E-state index contributed by atoms with van der Waals surface area (Å²) in [5.74, 6) is 5.92. The van der Waals surface area contributed by atoms with Crippen LogP contribution in [0.2, 0.25) is 0 Å². The lowest BCUT2D eigenvalue weighted by atomic mass is 9.93. The predicted octanol–water partition coefficient (Wildman–Crippen LogP) is 1.29. The van der Waals surface area contributed by atoms with Crippen molar-refractivity contribution in [3.8, 4) is 0 Å². The van der Waals surface area contributed by atoms with Crippen LogP contribution in [-0.2, 0) is 0 Å². The van der Waals surface area contributed by atoms with Gasteiger partial charge in [0.25, 0.3) is 0 Å². The Kier molecular flexibility index (Phi) is 4.42. The molecule has 0 bridgehead atoms. The maximum absolute atomic E-state index is 9.48. The fraction of sp³-hybridized carbons (Fsp3) is 0.800. The van der Waals surface area contributed by atoms with Crippen molar-refractivity contribution in [2.45, 2.75) is 45.3 Å². The Bertz CT molecular complexity index is 180. The number of nitrogens with two attached hydrogens (primary N) is 1. The molecule has 2 atom stereocenters. The molecule has 0 saturated carbocycles. The summed E-state index contributed by atoms with van der Waals surface area (Å²) < 4.78 is 0. The molecule has 0 heterocycles. The molecule has 0 saturated heterocycles. The number of hydrogen-bond donors (Lipinski definition) is 3. The molecule has 3 nitrogen and oxygen atoms in total. The SMILES string of the molecule is CC1C/C=C(/C(O)NN)CCCC1. The molecule has 76 valence electrons. The molecule has 3 heteroatoms. The van der Waals surface area contributed by atoms with Crippen LogP contribution in [0.5, 0.6) is 0 Å². The summed E-state index contributed by atoms with van der Waals surface area (Å²) >= 11 is 0. The van der Waals surface area contributed by atoms with Gasteiger partial charge in [0, 0.05) is 0 Å². The van der Waals surface area contributed by atoms with Crippen molar-refractivity contribution >= 4 is 0 Å². The standard InChI is InChI=1S/C10H20N2O/c1-8-4-2-3-5-9(7-6-8)10(13)12-11/h7-8,10,12-13H,2-6,11H2,1H3/b9-7+. The minimum Gasteiger partial charge on any atom is -0.373 e. The number of hydrogen-bond acceptors (Lipinski definition) is 3. The van der Waals surface area contributed by atoms with Crippen molar-refractivity contribution in [3.63, 3.8) is 0 Å². The average Bonchev–Trinajstić information content (AvgIpc) is 2.11. The Morgan fingerprint density at radius 3 is 3.08 bits per heavy atom. The van der Waals surface area contributed by atoms with Gasteiger partial charge in [-0.25, -0.2) is 5.43 Å². The first kappa shape index (κ1) is 10.7. The van der Waals surface area contributed by atoms with E-state index >= 15 is 0 Å². The number of nitrogens with one attached hydrogen (secondary N) is 1. The highest BCUT2D eigenvalue weighted by atomic mass is 16.3. The zero-order chi connectivity index (χ0) is 9.68. The normalized spacial score (nSPS) is 31.3. The monoisotopic (exact) mass is 184 g/mol. The smallest absolute Gasteiger partial charge is 0.139 e. The van der Waals surface area contributed by atoms with Crippen LogP contribution in [-0.4, -0.2) is 11.3 Å². The molecular weight excluding hydrogens is 164 g/mol. The molecule has 13 heavy (non-hydrogen) atoms. The van der Waals surface area contributed by atoms with E-state index in [9.17, 15) is 5.11 Å². The number of aliphatic hydroxyl groups is 1. The molecule has 2 unspecified atom stereocenters. The van der Waals surface area contributed by atoms with E-state index in [1.165, 1.54) is 12.8 Å². The second-order valence-corrected chi connectivity index (χ2v) is 3.93. The zero-order valence-corrected chi connectivity index (χ0v) is 8.29. The molecule has 1 aliphatic rings. The molecule has 4 N–H and O–H groups in total. The Morgan fingerprint density at radius 2 is 2.38 bits per heavy atom. The summed E-state index contributed by atoms with van der Waals surface area (Å²) in [6, 6.07) is 0. The second kappa shape index (κ2) is 5.37. The average molecular weight is 184 g/mol. The third kappa shape index (κ3) is 3.46. The molecule has 0 radical (unpaired) electrons. The molecular formula is C10H20N2O. The lowest BCUT2D eigenvalue weighted by molar-refractivity contribution is 0.168. The first-order chi connectivity index (χ1) is 6.24. The number of hydrazine groups is 1. The van der Waals surface area contributed by atoms with Gasteiger partial charge < -0.3 is 5.11 Å². The number of rotatable bonds is 2. The maximum atomic E-state index is 9.48. The van der Waals surface area contributed by atoms with Crippen LogP contribution >= 0.6 is 0 Å². The van der Waals surface area contributed by atoms with Crippen molar-refractivity contribution in [1.29, 1.82) is 0 Å². The molecule has 0 aliphatic heterocycles. The van der Waals surface area contributed by atoms with E-state index in [-0.39, 0.29) is 0 Å². The quantitative estimate of drug-likeness (QED) is 0.262. The lowest BCUT2D eigenvalue weighted by Crippen LogP contribution is -2.36. The first-order valence-electron chi connectivity index (χ1n) is 5.07. The van der Waals surface area contributed by atoms with Crippen molar-refractivity contribution < 1.29 is 5.11 Å². The third-order valence-electron chi connectivity index (χ3n) is 2.70. The Balaban J connectivity index is 2.54. The van der Waals surface area contributed by atoms with E-state index in [2.05, 4.69) is 18.4 Å². The molecule has 0 aromatic carbocycles. The first-order valence-corrected chi connectivity index (χ1v) is 5.07. The highest BCUT2D eigenvalue weighted by Crippen LogP contribution is 2.22. The van der Waals surface area contributed by atoms with Gasteiger partial charge in [-0.2, -0.15) is 0 Å². The third-order valence-corrected chi connectivity index (χ3v) is 2.70. The van der Waals surface area contributed by atoms with Gasteiger partial charge in [-0.3, -0.25) is 5.84 Å². The van der Waals surface area contributed by atoms with Crippen molar-refractivity contribution in [1.82, 2.24) is 5.43 Å². The summed E-state index contributed by atoms with van der Waals surface area (Å²) in [5.41, 5.74) is 3.43. The van der Waals surface area contributed by atoms with Gasteiger partial charge >= 0.3 is 0 Å². The summed E-state index contributed by atoms with van der Waals surface area (Å²) in [7, 11) is 0. The van der Waals surface area contributed by atoms with Crippen LogP contribution in [0.1, 0.15) is 39.0 Å². The molecule has 0 fully saturated rings. The second-order valence-electron chi connectivity index (χ2n) is 3.93. The van der Waals surface area contributed by atoms with Crippen molar-refractivity contribution in [3.05, 3.63) is 11.6 Å². The van der Waals surface area contributed by atoms with E-state index < -0.39 is 6.23 Å². The van der Waals surface area contributed by atoms with Gasteiger partial charge in [-0.15, -0.1) is 0 Å². The highest BCUT2D eigenvalue weighted by Gasteiger charge is 2.12. The van der Waals surface area contributed by atoms with Crippen LogP contribution in [0, 0.1) is 5.92 Å². The van der Waals surface area contributed by atoms with Crippen molar-refractivity contribution in [2.24, 2.45) is 11.8 Å². The largest absolute Gasteiger partial charge is 0.373 e. The van der Waals surface area contributed by atoms with E-state index in [0.29, 0.717) is 0 Å². The van der Waals surface area contributed by atoms with Crippen LogP contribution < -0.4 is 11.3 Å². The molecule has 0 aromatic heterocycles. The van der Waals surface area contributed by atoms with Crippen LogP contribution in [0.3, 0.4) is 0 Å². The van der Waals surface area contributed by atoms with E-state index in [0.717, 1.165) is 30.8 Å². The van der Waals surface area contributed by atoms with Gasteiger partial charge in [-0.1, -0.05) is 25.8 Å². The summed E-state index contributed by atoms with van der Waals surface area (Å²) in [6.45, 7) is 2.25. The van der Waals surface area contributed by atoms with Gasteiger partial charge in [0.05, 0.1) is 0 Å². The van der Waals surface area contributed by atoms with Gasteiger partial charge in [0.15, 0.2) is 0 Å². The van der Waals surface area contributed by atoms with Gasteiger partial charge in [0.2, 0.25) is 0 Å². The summed E-state index contributed by atoms with van der Waals surface area (Å²) in [6.07, 6.45) is 7.24. The van der Waals surface area contributed by atoms with Crippen LogP contribution in [0.25, 0.3) is 0 Å². The number of aliphatic hydroxyl groups excluding tert-OH is 1. The molecule has 0 aromatic rings. The van der Waals surface area contributed by atoms with Crippen LogP contribution in [0.15, 0.2) is 11.6 Å².